The molecule has 0 spiro atoms. The summed E-state index contributed by atoms with van der Waals surface area (Å²) >= 11 is 0. The number of hydrogen-bond acceptors (Lipinski definition) is 3. The maximum Gasteiger partial charge on any atom is 0.419 e. The summed E-state index contributed by atoms with van der Waals surface area (Å²) in [6, 6.07) is 12.0. The molecule has 0 atom stereocenters. The molecule has 0 bridgehead atoms. The lowest BCUT2D eigenvalue weighted by atomic mass is 10.0. The zero-order chi connectivity index (χ0) is 18.9. The lowest BCUT2D eigenvalue weighted by Crippen LogP contribution is -2.21. The first-order valence-corrected chi connectivity index (χ1v) is 8.09. The van der Waals surface area contributed by atoms with Crippen molar-refractivity contribution >= 4 is 11.0 Å². The molecule has 0 aliphatic carbocycles. The molecule has 3 rings (SSSR count). The van der Waals surface area contributed by atoms with Gasteiger partial charge in [-0.15, -0.1) is 0 Å². The second-order valence-electron chi connectivity index (χ2n) is 5.95. The molecule has 26 heavy (non-hydrogen) atoms. The average Bonchev–Trinajstić information content (AvgIpc) is 2.59. The van der Waals surface area contributed by atoms with E-state index in [1.165, 1.54) is 25.1 Å². The Morgan fingerprint density at radius 3 is 2.42 bits per heavy atom. The molecule has 0 aliphatic rings. The minimum Gasteiger partial charge on any atom is -0.429 e. The number of fused-ring (bicyclic) bond motifs is 1. The number of ether oxygens (including phenoxy) is 1. The van der Waals surface area contributed by atoms with Crippen molar-refractivity contribution in [2.75, 3.05) is 0 Å². The van der Waals surface area contributed by atoms with Crippen LogP contribution >= 0.6 is 0 Å². The van der Waals surface area contributed by atoms with E-state index in [1.54, 1.807) is 30.7 Å². The van der Waals surface area contributed by atoms with Crippen LogP contribution in [0.1, 0.15) is 12.6 Å². The van der Waals surface area contributed by atoms with E-state index in [-0.39, 0.29) is 11.3 Å². The predicted octanol–water partition coefficient (Wildman–Crippen LogP) is 4.46. The van der Waals surface area contributed by atoms with Crippen LogP contribution in [0.3, 0.4) is 0 Å². The van der Waals surface area contributed by atoms with Crippen LogP contribution in [-0.4, -0.2) is 15.7 Å². The van der Waals surface area contributed by atoms with Gasteiger partial charge in [0.2, 0.25) is 0 Å². The van der Waals surface area contributed by atoms with Gasteiger partial charge in [-0.05, 0) is 49.2 Å². The predicted molar refractivity (Wildman–Crippen MR) is 97.5 cm³/mol. The second kappa shape index (κ2) is 6.71. The van der Waals surface area contributed by atoms with Crippen LogP contribution in [0.15, 0.2) is 59.4 Å². The Morgan fingerprint density at radius 2 is 1.77 bits per heavy atom. The highest BCUT2D eigenvalue weighted by atomic mass is 19.3. The summed E-state index contributed by atoms with van der Waals surface area (Å²) < 4.78 is 33.2. The summed E-state index contributed by atoms with van der Waals surface area (Å²) in [5.41, 5.74) is 3.43. The van der Waals surface area contributed by atoms with Crippen LogP contribution in [0.2, 0.25) is 0 Å². The molecule has 0 amide bonds. The maximum absolute atomic E-state index is 13.5. The molecule has 6 heteroatoms. The van der Waals surface area contributed by atoms with E-state index in [1.807, 2.05) is 18.2 Å². The molecule has 0 radical (unpaired) electrons. The van der Waals surface area contributed by atoms with Gasteiger partial charge in [-0.25, -0.2) is 4.98 Å². The standard InChI is InChI=1S/C20H18F2N2O2/c1-4-11-20(21,22)26-16-8-5-14(6-9-16)15-7-10-18-17(12-15)23-13(2)19(25)24(18)3/h4-12H,1-3H3/b11-4+. The molecular weight excluding hydrogens is 338 g/mol. The maximum atomic E-state index is 13.5. The van der Waals surface area contributed by atoms with E-state index in [2.05, 4.69) is 9.72 Å². The third-order valence-electron chi connectivity index (χ3n) is 4.04. The first-order chi connectivity index (χ1) is 12.3. The number of halogens is 2. The van der Waals surface area contributed by atoms with E-state index >= 15 is 0 Å². The minimum absolute atomic E-state index is 0.0778. The summed E-state index contributed by atoms with van der Waals surface area (Å²) in [7, 11) is 1.70. The Balaban J connectivity index is 1.94. The van der Waals surface area contributed by atoms with Gasteiger partial charge in [0.15, 0.2) is 0 Å². The zero-order valence-electron chi connectivity index (χ0n) is 14.7. The van der Waals surface area contributed by atoms with Crippen molar-refractivity contribution in [2.24, 2.45) is 7.05 Å². The van der Waals surface area contributed by atoms with Gasteiger partial charge in [0, 0.05) is 13.1 Å². The van der Waals surface area contributed by atoms with Crippen molar-refractivity contribution in [3.63, 3.8) is 0 Å². The summed E-state index contributed by atoms with van der Waals surface area (Å²) in [6.45, 7) is 3.18. The van der Waals surface area contributed by atoms with Crippen molar-refractivity contribution < 1.29 is 13.5 Å². The van der Waals surface area contributed by atoms with E-state index in [0.717, 1.165) is 16.6 Å². The normalized spacial score (nSPS) is 12.0. The number of aryl methyl sites for hydroxylation is 2. The van der Waals surface area contributed by atoms with Crippen molar-refractivity contribution in [1.82, 2.24) is 9.55 Å². The summed E-state index contributed by atoms with van der Waals surface area (Å²) in [6.07, 6.45) is -1.40. The fourth-order valence-electron chi connectivity index (χ4n) is 2.76. The molecule has 0 saturated heterocycles. The Bertz CT molecular complexity index is 1040. The smallest absolute Gasteiger partial charge is 0.419 e. The fourth-order valence-corrected chi connectivity index (χ4v) is 2.76. The lowest BCUT2D eigenvalue weighted by Gasteiger charge is -2.14. The monoisotopic (exact) mass is 356 g/mol. The van der Waals surface area contributed by atoms with Gasteiger partial charge in [0.25, 0.3) is 5.56 Å². The van der Waals surface area contributed by atoms with E-state index in [9.17, 15) is 13.6 Å². The number of benzene rings is 2. The SMILES string of the molecule is C/C=C/C(F)(F)Oc1ccc(-c2ccc3c(c2)nc(C)c(=O)n3C)cc1. The molecule has 0 fully saturated rings. The highest BCUT2D eigenvalue weighted by molar-refractivity contribution is 5.81. The molecule has 3 aromatic rings. The summed E-state index contributed by atoms with van der Waals surface area (Å²) in [5, 5.41) is 0. The number of alkyl halides is 2. The van der Waals surface area contributed by atoms with Gasteiger partial charge in [-0.3, -0.25) is 4.79 Å². The topological polar surface area (TPSA) is 44.1 Å². The van der Waals surface area contributed by atoms with Gasteiger partial charge in [-0.2, -0.15) is 8.78 Å². The first-order valence-electron chi connectivity index (χ1n) is 8.09. The third kappa shape index (κ3) is 3.49. The van der Waals surface area contributed by atoms with Crippen LogP contribution < -0.4 is 10.3 Å². The fraction of sp³-hybridized carbons (Fsp3) is 0.200. The van der Waals surface area contributed by atoms with Crippen LogP contribution in [0.5, 0.6) is 5.75 Å². The Morgan fingerprint density at radius 1 is 1.12 bits per heavy atom. The number of hydrogen-bond donors (Lipinski definition) is 0. The molecule has 0 saturated carbocycles. The van der Waals surface area contributed by atoms with Crippen LogP contribution in [-0.2, 0) is 7.05 Å². The molecule has 4 nitrogen and oxygen atoms in total. The largest absolute Gasteiger partial charge is 0.429 e. The number of nitrogens with zero attached hydrogens (tertiary/aromatic N) is 2. The van der Waals surface area contributed by atoms with Crippen molar-refractivity contribution in [1.29, 1.82) is 0 Å². The van der Waals surface area contributed by atoms with Gasteiger partial charge < -0.3 is 9.30 Å². The molecule has 134 valence electrons. The summed E-state index contributed by atoms with van der Waals surface area (Å²) in [4.78, 5) is 16.3. The van der Waals surface area contributed by atoms with Crippen LogP contribution in [0, 0.1) is 6.92 Å². The lowest BCUT2D eigenvalue weighted by molar-refractivity contribution is -0.131. The quantitative estimate of drug-likeness (QED) is 0.649. The van der Waals surface area contributed by atoms with Gasteiger partial charge in [0.05, 0.1) is 11.0 Å². The minimum atomic E-state index is -3.34. The molecule has 0 aliphatic heterocycles. The van der Waals surface area contributed by atoms with Gasteiger partial charge >= 0.3 is 6.11 Å². The molecule has 0 N–H and O–H groups in total. The zero-order valence-corrected chi connectivity index (χ0v) is 14.7. The highest BCUT2D eigenvalue weighted by Crippen LogP contribution is 2.28. The van der Waals surface area contributed by atoms with Gasteiger partial charge in [0.1, 0.15) is 11.4 Å². The second-order valence-corrected chi connectivity index (χ2v) is 5.95. The van der Waals surface area contributed by atoms with Crippen molar-refractivity contribution in [3.05, 3.63) is 70.7 Å². The third-order valence-corrected chi connectivity index (χ3v) is 4.04. The van der Waals surface area contributed by atoms with Crippen molar-refractivity contribution in [2.45, 2.75) is 20.0 Å². The molecule has 0 unspecified atom stereocenters. The molecular formula is C20H18F2N2O2. The van der Waals surface area contributed by atoms with Gasteiger partial charge in [-0.1, -0.05) is 24.3 Å². The van der Waals surface area contributed by atoms with E-state index in [4.69, 9.17) is 0 Å². The number of aromatic nitrogens is 2. The summed E-state index contributed by atoms with van der Waals surface area (Å²) in [5.74, 6) is 0.0778. The van der Waals surface area contributed by atoms with E-state index < -0.39 is 6.11 Å². The Kier molecular flexibility index (Phi) is 4.59. The molecule has 1 aromatic heterocycles. The molecule has 2 aromatic carbocycles. The number of allylic oxidation sites excluding steroid dienone is 1. The van der Waals surface area contributed by atoms with Crippen LogP contribution in [0.4, 0.5) is 8.78 Å². The van der Waals surface area contributed by atoms with Crippen molar-refractivity contribution in [3.8, 4) is 16.9 Å². The molecule has 1 heterocycles. The first kappa shape index (κ1) is 17.8. The number of rotatable bonds is 4. The Labute approximate surface area is 149 Å². The van der Waals surface area contributed by atoms with Crippen LogP contribution in [0.25, 0.3) is 22.2 Å². The average molecular weight is 356 g/mol. The van der Waals surface area contributed by atoms with E-state index in [0.29, 0.717) is 17.3 Å². The highest BCUT2D eigenvalue weighted by Gasteiger charge is 2.26. The Hall–Kier alpha value is -3.02.